The van der Waals surface area contributed by atoms with Crippen LogP contribution in [-0.2, 0) is 28.6 Å². The van der Waals surface area contributed by atoms with E-state index < -0.39 is 6.10 Å². The zero-order valence-corrected chi connectivity index (χ0v) is 41.1. The first-order valence-electron chi connectivity index (χ1n) is 26.8. The summed E-state index contributed by atoms with van der Waals surface area (Å²) >= 11 is 0. The summed E-state index contributed by atoms with van der Waals surface area (Å²) in [5.74, 6) is 0.814. The molecule has 0 saturated heterocycles. The summed E-state index contributed by atoms with van der Waals surface area (Å²) in [6.45, 7) is 11.4. The molecule has 0 heterocycles. The highest BCUT2D eigenvalue weighted by Crippen LogP contribution is 2.18. The van der Waals surface area contributed by atoms with Gasteiger partial charge in [-0.1, -0.05) is 259 Å². The Bertz CT molecular complexity index is 918. The minimum absolute atomic E-state index is 0.0643. The molecule has 0 aromatic rings. The number of carbonyl (C=O) groups is 3. The summed E-state index contributed by atoms with van der Waals surface area (Å²) in [6, 6.07) is 0. The normalized spacial score (nSPS) is 12.5. The monoisotopic (exact) mass is 849 g/mol. The lowest BCUT2D eigenvalue weighted by Crippen LogP contribution is -2.30. The molecule has 0 saturated carbocycles. The molecule has 0 rings (SSSR count). The molecule has 6 nitrogen and oxygen atoms in total. The number of ether oxygens (including phenoxy) is 3. The minimum Gasteiger partial charge on any atom is -0.462 e. The summed E-state index contributed by atoms with van der Waals surface area (Å²) in [7, 11) is 0. The molecule has 0 radical (unpaired) electrons. The summed E-state index contributed by atoms with van der Waals surface area (Å²) in [5, 5.41) is 0. The van der Waals surface area contributed by atoms with Crippen LogP contribution in [0.5, 0.6) is 0 Å². The maximum absolute atomic E-state index is 12.8. The molecule has 0 aliphatic heterocycles. The Morgan fingerprint density at radius 1 is 0.350 bits per heavy atom. The lowest BCUT2D eigenvalue weighted by Gasteiger charge is -2.18. The lowest BCUT2D eigenvalue weighted by molar-refractivity contribution is -0.167. The molecular weight excluding hydrogens is 745 g/mol. The van der Waals surface area contributed by atoms with Gasteiger partial charge < -0.3 is 14.2 Å². The van der Waals surface area contributed by atoms with Crippen LogP contribution in [0.3, 0.4) is 0 Å². The smallest absolute Gasteiger partial charge is 0.306 e. The first kappa shape index (κ1) is 58.4. The van der Waals surface area contributed by atoms with Crippen molar-refractivity contribution in [1.82, 2.24) is 0 Å². The van der Waals surface area contributed by atoms with Crippen molar-refractivity contribution in [3.05, 3.63) is 0 Å². The highest BCUT2D eigenvalue weighted by atomic mass is 16.6. The van der Waals surface area contributed by atoms with E-state index in [1.54, 1.807) is 0 Å². The van der Waals surface area contributed by atoms with Crippen molar-refractivity contribution in [2.45, 2.75) is 304 Å². The fraction of sp³-hybridized carbons (Fsp3) is 0.944. The summed E-state index contributed by atoms with van der Waals surface area (Å²) in [5.41, 5.74) is 0. The van der Waals surface area contributed by atoms with Crippen LogP contribution >= 0.6 is 0 Å². The predicted octanol–water partition coefficient (Wildman–Crippen LogP) is 17.3. The highest BCUT2D eigenvalue weighted by Gasteiger charge is 2.19. The van der Waals surface area contributed by atoms with Gasteiger partial charge in [-0.3, -0.25) is 14.4 Å². The number of hydrogen-bond acceptors (Lipinski definition) is 6. The van der Waals surface area contributed by atoms with Gasteiger partial charge in [0.25, 0.3) is 0 Å². The molecular formula is C54H104O6. The average molecular weight is 849 g/mol. The third-order valence-electron chi connectivity index (χ3n) is 12.6. The average Bonchev–Trinajstić information content (AvgIpc) is 3.23. The minimum atomic E-state index is -0.762. The van der Waals surface area contributed by atoms with Crippen molar-refractivity contribution in [2.24, 2.45) is 11.8 Å². The first-order valence-corrected chi connectivity index (χ1v) is 26.8. The molecule has 0 aliphatic rings. The van der Waals surface area contributed by atoms with Gasteiger partial charge in [0.05, 0.1) is 0 Å². The van der Waals surface area contributed by atoms with Crippen LogP contribution in [0.4, 0.5) is 0 Å². The molecule has 0 fully saturated rings. The number of unbranched alkanes of at least 4 members (excludes halogenated alkanes) is 32. The van der Waals surface area contributed by atoms with Gasteiger partial charge in [-0.2, -0.15) is 0 Å². The van der Waals surface area contributed by atoms with Gasteiger partial charge in [0, 0.05) is 19.3 Å². The molecule has 0 N–H and O–H groups in total. The lowest BCUT2D eigenvalue weighted by atomic mass is 10.00. The van der Waals surface area contributed by atoms with E-state index in [0.717, 1.165) is 69.6 Å². The maximum Gasteiger partial charge on any atom is 0.306 e. The SMILES string of the molecule is CCCCCCCCCCCCCCCC(=O)OC[C@H](COC(=O)CCCCCCCCCCCCCCCCCCC(C)C)OC(=O)CCCCCCCCC(C)CC. The molecule has 2 atom stereocenters. The van der Waals surface area contributed by atoms with Crippen LogP contribution in [0.25, 0.3) is 0 Å². The summed E-state index contributed by atoms with van der Waals surface area (Å²) in [6.07, 6.45) is 48.1. The third-order valence-corrected chi connectivity index (χ3v) is 12.6. The Morgan fingerprint density at radius 2 is 0.633 bits per heavy atom. The van der Waals surface area contributed by atoms with Gasteiger partial charge in [-0.15, -0.1) is 0 Å². The van der Waals surface area contributed by atoms with Crippen molar-refractivity contribution in [1.29, 1.82) is 0 Å². The van der Waals surface area contributed by atoms with E-state index >= 15 is 0 Å². The Hall–Kier alpha value is -1.59. The standard InChI is InChI=1S/C54H104O6/c1-6-8-9-10-11-12-13-18-22-25-28-34-39-44-52(55)58-47-51(60-54(57)46-41-36-31-30-33-38-43-50(5)7-2)48-59-53(56)45-40-35-29-26-23-20-17-15-14-16-19-21-24-27-32-37-42-49(3)4/h49-51H,6-48H2,1-5H3/t50?,51-/m1/s1. The van der Waals surface area contributed by atoms with Crippen molar-refractivity contribution in [3.63, 3.8) is 0 Å². The van der Waals surface area contributed by atoms with Crippen molar-refractivity contribution >= 4 is 17.9 Å². The predicted molar refractivity (Wildman–Crippen MR) is 256 cm³/mol. The second-order valence-electron chi connectivity index (χ2n) is 19.2. The van der Waals surface area contributed by atoms with E-state index in [9.17, 15) is 14.4 Å². The Kier molecular flexibility index (Phi) is 45.7. The Morgan fingerprint density at radius 3 is 0.950 bits per heavy atom. The van der Waals surface area contributed by atoms with E-state index in [0.29, 0.717) is 19.3 Å². The molecule has 0 aromatic carbocycles. The van der Waals surface area contributed by atoms with Gasteiger partial charge >= 0.3 is 17.9 Å². The number of rotatable bonds is 48. The van der Waals surface area contributed by atoms with E-state index in [1.165, 1.54) is 186 Å². The molecule has 0 aliphatic carbocycles. The zero-order chi connectivity index (χ0) is 44.0. The van der Waals surface area contributed by atoms with Crippen LogP contribution in [0.2, 0.25) is 0 Å². The summed E-state index contributed by atoms with van der Waals surface area (Å²) < 4.78 is 16.8. The van der Waals surface area contributed by atoms with Gasteiger partial charge in [0.1, 0.15) is 13.2 Å². The fourth-order valence-corrected chi connectivity index (χ4v) is 8.13. The Balaban J connectivity index is 4.23. The van der Waals surface area contributed by atoms with Gasteiger partial charge in [-0.05, 0) is 31.1 Å². The maximum atomic E-state index is 12.8. The van der Waals surface area contributed by atoms with E-state index in [2.05, 4.69) is 34.6 Å². The third kappa shape index (κ3) is 45.9. The van der Waals surface area contributed by atoms with Gasteiger partial charge in [0.2, 0.25) is 0 Å². The molecule has 60 heavy (non-hydrogen) atoms. The quantitative estimate of drug-likeness (QED) is 0.0345. The number of esters is 3. The second-order valence-corrected chi connectivity index (χ2v) is 19.2. The van der Waals surface area contributed by atoms with Crippen LogP contribution in [0.15, 0.2) is 0 Å². The number of hydrogen-bond donors (Lipinski definition) is 0. The van der Waals surface area contributed by atoms with Gasteiger partial charge in [-0.25, -0.2) is 0 Å². The number of carbonyl (C=O) groups excluding carboxylic acids is 3. The van der Waals surface area contributed by atoms with E-state index in [4.69, 9.17) is 14.2 Å². The van der Waals surface area contributed by atoms with Crippen molar-refractivity contribution < 1.29 is 28.6 Å². The largest absolute Gasteiger partial charge is 0.462 e. The van der Waals surface area contributed by atoms with Crippen molar-refractivity contribution in [3.8, 4) is 0 Å². The molecule has 1 unspecified atom stereocenters. The first-order chi connectivity index (χ1) is 29.3. The molecule has 356 valence electrons. The Labute approximate surface area is 374 Å². The topological polar surface area (TPSA) is 78.9 Å². The van der Waals surface area contributed by atoms with Crippen LogP contribution < -0.4 is 0 Å². The fourth-order valence-electron chi connectivity index (χ4n) is 8.13. The van der Waals surface area contributed by atoms with E-state index in [1.807, 2.05) is 0 Å². The van der Waals surface area contributed by atoms with E-state index in [-0.39, 0.29) is 31.1 Å². The van der Waals surface area contributed by atoms with Crippen LogP contribution in [0, 0.1) is 11.8 Å². The van der Waals surface area contributed by atoms with Crippen LogP contribution in [-0.4, -0.2) is 37.2 Å². The second kappa shape index (κ2) is 46.9. The highest BCUT2D eigenvalue weighted by molar-refractivity contribution is 5.71. The molecule has 0 bridgehead atoms. The van der Waals surface area contributed by atoms with Gasteiger partial charge in [0.15, 0.2) is 6.10 Å². The van der Waals surface area contributed by atoms with Crippen LogP contribution in [0.1, 0.15) is 298 Å². The molecule has 0 amide bonds. The molecule has 0 spiro atoms. The molecule has 0 aromatic heterocycles. The van der Waals surface area contributed by atoms with Crippen molar-refractivity contribution in [2.75, 3.05) is 13.2 Å². The molecule has 6 heteroatoms. The zero-order valence-electron chi connectivity index (χ0n) is 41.1. The summed E-state index contributed by atoms with van der Waals surface area (Å²) in [4.78, 5) is 37.9.